The lowest BCUT2D eigenvalue weighted by Gasteiger charge is -2.33. The smallest absolute Gasteiger partial charge is 0.309 e. The molecular weight excluding hydrogens is 356 g/mol. The van der Waals surface area contributed by atoms with E-state index in [4.69, 9.17) is 21.1 Å². The van der Waals surface area contributed by atoms with E-state index in [9.17, 15) is 9.59 Å². The number of esters is 1. The topological polar surface area (TPSA) is 67.9 Å². The highest BCUT2D eigenvalue weighted by molar-refractivity contribution is 6.31. The second-order valence-electron chi connectivity index (χ2n) is 6.52. The largest absolute Gasteiger partial charge is 0.495 e. The molecule has 0 aromatic heterocycles. The van der Waals surface area contributed by atoms with Crippen LogP contribution in [0.25, 0.3) is 0 Å². The second-order valence-corrected chi connectivity index (χ2v) is 6.93. The summed E-state index contributed by atoms with van der Waals surface area (Å²) in [4.78, 5) is 26.3. The van der Waals surface area contributed by atoms with Gasteiger partial charge < -0.3 is 19.7 Å². The van der Waals surface area contributed by atoms with Crippen molar-refractivity contribution in [1.82, 2.24) is 4.90 Å². The molecule has 144 valence electrons. The minimum absolute atomic E-state index is 0.00182. The quantitative estimate of drug-likeness (QED) is 0.765. The van der Waals surface area contributed by atoms with E-state index >= 15 is 0 Å². The maximum absolute atomic E-state index is 12.7. The predicted octanol–water partition coefficient (Wildman–Crippen LogP) is 3.26. The van der Waals surface area contributed by atoms with E-state index in [1.807, 2.05) is 19.9 Å². The average Bonchev–Trinajstić information content (AvgIpc) is 2.64. The van der Waals surface area contributed by atoms with Crippen molar-refractivity contribution in [1.29, 1.82) is 0 Å². The number of nitrogens with zero attached hydrogens (tertiary/aromatic N) is 1. The Hall–Kier alpha value is -1.95. The summed E-state index contributed by atoms with van der Waals surface area (Å²) in [5.74, 6) is 0.330. The fourth-order valence-corrected chi connectivity index (χ4v) is 3.26. The number of methoxy groups -OCH3 is 1. The van der Waals surface area contributed by atoms with Gasteiger partial charge in [0, 0.05) is 24.2 Å². The molecule has 1 aliphatic rings. The summed E-state index contributed by atoms with van der Waals surface area (Å²) in [6.45, 7) is 7.04. The minimum atomic E-state index is -0.413. The Balaban J connectivity index is 1.97. The molecule has 1 N–H and O–H groups in total. The number of likely N-dealkylation sites (tertiary alicyclic amines) is 1. The first-order valence-corrected chi connectivity index (χ1v) is 9.31. The van der Waals surface area contributed by atoms with E-state index in [0.29, 0.717) is 43.3 Å². The summed E-state index contributed by atoms with van der Waals surface area (Å²) in [5.41, 5.74) is 1.64. The normalized spacial score (nSPS) is 16.1. The van der Waals surface area contributed by atoms with E-state index in [0.717, 1.165) is 11.3 Å². The molecule has 0 aliphatic carbocycles. The Morgan fingerprint density at radius 1 is 1.35 bits per heavy atom. The highest BCUT2D eigenvalue weighted by Crippen LogP contribution is 2.31. The van der Waals surface area contributed by atoms with Gasteiger partial charge in [0.05, 0.1) is 25.3 Å². The molecule has 2 rings (SSSR count). The first-order valence-electron chi connectivity index (χ1n) is 8.93. The molecule has 7 heteroatoms. The van der Waals surface area contributed by atoms with Gasteiger partial charge in [0.25, 0.3) is 0 Å². The number of carbonyl (C=O) groups excluding carboxylic acids is 2. The predicted molar refractivity (Wildman–Crippen MR) is 102 cm³/mol. The SMILES string of the molecule is CCOC(=O)C1CCN(C(=O)C(C)Nc2cc(C)c(Cl)cc2OC)CC1. The van der Waals surface area contributed by atoms with Crippen molar-refractivity contribution < 1.29 is 19.1 Å². The summed E-state index contributed by atoms with van der Waals surface area (Å²) >= 11 is 6.13. The van der Waals surface area contributed by atoms with Crippen LogP contribution in [0.2, 0.25) is 5.02 Å². The third kappa shape index (κ3) is 4.81. The fourth-order valence-electron chi connectivity index (χ4n) is 3.11. The van der Waals surface area contributed by atoms with E-state index in [2.05, 4.69) is 5.32 Å². The number of rotatable bonds is 6. The number of hydrogen-bond donors (Lipinski definition) is 1. The third-order valence-electron chi connectivity index (χ3n) is 4.65. The molecule has 1 aromatic rings. The number of amides is 1. The lowest BCUT2D eigenvalue weighted by Crippen LogP contribution is -2.46. The number of anilines is 1. The van der Waals surface area contributed by atoms with Gasteiger partial charge in [-0.1, -0.05) is 11.6 Å². The zero-order chi connectivity index (χ0) is 19.3. The van der Waals surface area contributed by atoms with E-state index in [1.165, 1.54) is 0 Å². The molecule has 6 nitrogen and oxygen atoms in total. The lowest BCUT2D eigenvalue weighted by molar-refractivity contribution is -0.151. The number of carbonyl (C=O) groups is 2. The van der Waals surface area contributed by atoms with Crippen molar-refractivity contribution in [2.75, 3.05) is 32.1 Å². The second kappa shape index (κ2) is 9.12. The fraction of sp³-hybridized carbons (Fsp3) is 0.579. The van der Waals surface area contributed by atoms with Crippen LogP contribution in [0, 0.1) is 12.8 Å². The Morgan fingerprint density at radius 2 is 2.00 bits per heavy atom. The molecule has 0 bridgehead atoms. The van der Waals surface area contributed by atoms with Crippen LogP contribution in [0.1, 0.15) is 32.3 Å². The van der Waals surface area contributed by atoms with Crippen LogP contribution >= 0.6 is 11.6 Å². The lowest BCUT2D eigenvalue weighted by atomic mass is 9.96. The van der Waals surface area contributed by atoms with E-state index in [-0.39, 0.29) is 17.8 Å². The van der Waals surface area contributed by atoms with E-state index in [1.54, 1.807) is 25.0 Å². The molecular formula is C19H27ClN2O4. The number of aryl methyl sites for hydroxylation is 1. The monoisotopic (exact) mass is 382 g/mol. The van der Waals surface area contributed by atoms with Gasteiger partial charge in [-0.15, -0.1) is 0 Å². The number of halogens is 1. The standard InChI is InChI=1S/C19H27ClN2O4/c1-5-26-19(24)14-6-8-22(9-7-14)18(23)13(3)21-16-10-12(2)15(20)11-17(16)25-4/h10-11,13-14,21H,5-9H2,1-4H3. The molecule has 1 fully saturated rings. The molecule has 1 aliphatic heterocycles. The van der Waals surface area contributed by atoms with Crippen molar-refractivity contribution in [2.45, 2.75) is 39.7 Å². The first kappa shape index (κ1) is 20.4. The number of benzene rings is 1. The van der Waals surface area contributed by atoms with E-state index < -0.39 is 6.04 Å². The van der Waals surface area contributed by atoms with Crippen molar-refractivity contribution in [2.24, 2.45) is 5.92 Å². The van der Waals surface area contributed by atoms with Crippen LogP contribution in [-0.4, -0.2) is 49.6 Å². The molecule has 26 heavy (non-hydrogen) atoms. The van der Waals surface area contributed by atoms with Gasteiger partial charge in [0.2, 0.25) is 5.91 Å². The Bertz CT molecular complexity index is 657. The third-order valence-corrected chi connectivity index (χ3v) is 5.06. The Morgan fingerprint density at radius 3 is 2.58 bits per heavy atom. The summed E-state index contributed by atoms with van der Waals surface area (Å²) in [7, 11) is 1.57. The van der Waals surface area contributed by atoms with Crippen molar-refractivity contribution in [3.05, 3.63) is 22.7 Å². The first-order chi connectivity index (χ1) is 12.4. The van der Waals surface area contributed by atoms with Gasteiger partial charge in [-0.25, -0.2) is 0 Å². The van der Waals surface area contributed by atoms with Crippen LogP contribution in [0.5, 0.6) is 5.75 Å². The molecule has 1 atom stereocenters. The number of piperidine rings is 1. The van der Waals surface area contributed by atoms with Gasteiger partial charge in [-0.2, -0.15) is 0 Å². The molecule has 1 aromatic carbocycles. The zero-order valence-electron chi connectivity index (χ0n) is 15.8. The van der Waals surface area contributed by atoms with Crippen LogP contribution in [-0.2, 0) is 14.3 Å². The van der Waals surface area contributed by atoms with Gasteiger partial charge in [-0.3, -0.25) is 9.59 Å². The summed E-state index contributed by atoms with van der Waals surface area (Å²) < 4.78 is 10.4. The van der Waals surface area contributed by atoms with Crippen molar-refractivity contribution in [3.63, 3.8) is 0 Å². The highest BCUT2D eigenvalue weighted by atomic mass is 35.5. The summed E-state index contributed by atoms with van der Waals surface area (Å²) in [5, 5.41) is 3.83. The highest BCUT2D eigenvalue weighted by Gasteiger charge is 2.30. The van der Waals surface area contributed by atoms with Crippen LogP contribution in [0.15, 0.2) is 12.1 Å². The van der Waals surface area contributed by atoms with Crippen molar-refractivity contribution in [3.8, 4) is 5.75 Å². The molecule has 0 radical (unpaired) electrons. The summed E-state index contributed by atoms with van der Waals surface area (Å²) in [6.07, 6.45) is 1.28. The van der Waals surface area contributed by atoms with Gasteiger partial charge >= 0.3 is 5.97 Å². The maximum atomic E-state index is 12.7. The van der Waals surface area contributed by atoms with Crippen LogP contribution in [0.3, 0.4) is 0 Å². The molecule has 1 unspecified atom stereocenters. The average molecular weight is 383 g/mol. The Labute approximate surface area is 159 Å². The molecule has 1 amide bonds. The van der Waals surface area contributed by atoms with Gasteiger partial charge in [0.1, 0.15) is 11.8 Å². The van der Waals surface area contributed by atoms with Crippen LogP contribution in [0.4, 0.5) is 5.69 Å². The molecule has 1 saturated heterocycles. The summed E-state index contributed by atoms with van der Waals surface area (Å²) in [6, 6.07) is 3.20. The Kier molecular flexibility index (Phi) is 7.14. The molecule has 0 spiro atoms. The maximum Gasteiger partial charge on any atom is 0.309 e. The van der Waals surface area contributed by atoms with Crippen molar-refractivity contribution >= 4 is 29.2 Å². The van der Waals surface area contributed by atoms with Gasteiger partial charge in [-0.05, 0) is 45.2 Å². The van der Waals surface area contributed by atoms with Crippen LogP contribution < -0.4 is 10.1 Å². The number of hydrogen-bond acceptors (Lipinski definition) is 5. The number of nitrogens with one attached hydrogen (secondary N) is 1. The number of ether oxygens (including phenoxy) is 2. The minimum Gasteiger partial charge on any atom is -0.495 e. The molecule has 1 heterocycles. The van der Waals surface area contributed by atoms with Gasteiger partial charge in [0.15, 0.2) is 0 Å². The zero-order valence-corrected chi connectivity index (χ0v) is 16.6. The molecule has 0 saturated carbocycles.